The molecule has 19 heavy (non-hydrogen) atoms. The number of halogens is 1. The number of benzene rings is 1. The second-order valence-corrected chi connectivity index (χ2v) is 5.59. The van der Waals surface area contributed by atoms with Gasteiger partial charge in [0.25, 0.3) is 0 Å². The number of hydrogen-bond acceptors (Lipinski definition) is 2. The van der Waals surface area contributed by atoms with Gasteiger partial charge in [-0.05, 0) is 47.8 Å². The normalized spacial score (nSPS) is 12.0. The Morgan fingerprint density at radius 2 is 2.11 bits per heavy atom. The van der Waals surface area contributed by atoms with Gasteiger partial charge in [0, 0.05) is 16.7 Å². The van der Waals surface area contributed by atoms with Gasteiger partial charge in [-0.2, -0.15) is 0 Å². The average molecular weight is 327 g/mol. The molecule has 0 aromatic heterocycles. The molecule has 0 radical (unpaired) electrons. The van der Waals surface area contributed by atoms with Crippen molar-refractivity contribution in [2.45, 2.75) is 46.1 Å². The van der Waals surface area contributed by atoms with Crippen LogP contribution >= 0.6 is 15.9 Å². The van der Waals surface area contributed by atoms with Crippen molar-refractivity contribution in [1.82, 2.24) is 5.32 Å². The molecule has 1 atom stereocenters. The van der Waals surface area contributed by atoms with Gasteiger partial charge in [-0.25, -0.2) is 0 Å². The van der Waals surface area contributed by atoms with E-state index < -0.39 is 0 Å². The standard InChI is InChI=1S/C15H23BrN2O/c1-4-5-6-10-17-15(19)12(3)18-13-9-7-8-11(2)14(13)16/h7-9,12,18H,4-6,10H2,1-3H3,(H,17,19). The Morgan fingerprint density at radius 3 is 2.79 bits per heavy atom. The van der Waals surface area contributed by atoms with Gasteiger partial charge in [-0.3, -0.25) is 4.79 Å². The summed E-state index contributed by atoms with van der Waals surface area (Å²) in [5, 5.41) is 6.19. The molecular formula is C15H23BrN2O. The topological polar surface area (TPSA) is 41.1 Å². The lowest BCUT2D eigenvalue weighted by Crippen LogP contribution is -2.38. The molecule has 1 amide bonds. The number of aryl methyl sites for hydroxylation is 1. The second kappa shape index (κ2) is 8.20. The highest BCUT2D eigenvalue weighted by Gasteiger charge is 2.13. The number of carbonyl (C=O) groups is 1. The summed E-state index contributed by atoms with van der Waals surface area (Å²) in [5.74, 6) is 0.0458. The number of unbranched alkanes of at least 4 members (excludes halogenated alkanes) is 2. The molecule has 1 aromatic rings. The van der Waals surface area contributed by atoms with E-state index in [1.165, 1.54) is 6.42 Å². The molecule has 0 saturated heterocycles. The Morgan fingerprint density at radius 1 is 1.37 bits per heavy atom. The van der Waals surface area contributed by atoms with E-state index in [1.807, 2.05) is 32.0 Å². The van der Waals surface area contributed by atoms with E-state index in [-0.39, 0.29) is 11.9 Å². The molecule has 0 spiro atoms. The van der Waals surface area contributed by atoms with Crippen LogP contribution in [0, 0.1) is 6.92 Å². The van der Waals surface area contributed by atoms with Crippen molar-refractivity contribution in [3.8, 4) is 0 Å². The largest absolute Gasteiger partial charge is 0.373 e. The van der Waals surface area contributed by atoms with E-state index in [4.69, 9.17) is 0 Å². The summed E-state index contributed by atoms with van der Waals surface area (Å²) in [4.78, 5) is 11.9. The molecular weight excluding hydrogens is 304 g/mol. The first-order chi connectivity index (χ1) is 9.06. The molecule has 4 heteroatoms. The van der Waals surface area contributed by atoms with Gasteiger partial charge < -0.3 is 10.6 Å². The maximum atomic E-state index is 11.9. The summed E-state index contributed by atoms with van der Waals surface area (Å²) in [5.41, 5.74) is 2.11. The van der Waals surface area contributed by atoms with Crippen LogP contribution in [0.5, 0.6) is 0 Å². The Labute approximate surface area is 124 Å². The van der Waals surface area contributed by atoms with Gasteiger partial charge in [0.2, 0.25) is 5.91 Å². The van der Waals surface area contributed by atoms with Crippen LogP contribution in [0.1, 0.15) is 38.7 Å². The number of carbonyl (C=O) groups excluding carboxylic acids is 1. The summed E-state index contributed by atoms with van der Waals surface area (Å²) in [7, 11) is 0. The summed E-state index contributed by atoms with van der Waals surface area (Å²) in [6, 6.07) is 5.75. The second-order valence-electron chi connectivity index (χ2n) is 4.80. The molecule has 0 aliphatic rings. The molecule has 0 heterocycles. The van der Waals surface area contributed by atoms with E-state index in [2.05, 4.69) is 33.5 Å². The van der Waals surface area contributed by atoms with Crippen molar-refractivity contribution < 1.29 is 4.79 Å². The smallest absolute Gasteiger partial charge is 0.242 e. The summed E-state index contributed by atoms with van der Waals surface area (Å²) in [6.45, 7) is 6.82. The van der Waals surface area contributed by atoms with Crippen LogP contribution < -0.4 is 10.6 Å². The van der Waals surface area contributed by atoms with Crippen molar-refractivity contribution in [1.29, 1.82) is 0 Å². The number of amides is 1. The maximum Gasteiger partial charge on any atom is 0.242 e. The van der Waals surface area contributed by atoms with Crippen molar-refractivity contribution in [2.24, 2.45) is 0 Å². The third-order valence-corrected chi connectivity index (χ3v) is 4.09. The van der Waals surface area contributed by atoms with E-state index >= 15 is 0 Å². The van der Waals surface area contributed by atoms with Crippen LogP contribution in [0.15, 0.2) is 22.7 Å². The molecule has 2 N–H and O–H groups in total. The van der Waals surface area contributed by atoms with Crippen LogP contribution in [0.4, 0.5) is 5.69 Å². The van der Waals surface area contributed by atoms with Crippen molar-refractivity contribution in [3.05, 3.63) is 28.2 Å². The molecule has 0 aliphatic heterocycles. The zero-order chi connectivity index (χ0) is 14.3. The van der Waals surface area contributed by atoms with Gasteiger partial charge >= 0.3 is 0 Å². The third-order valence-electron chi connectivity index (χ3n) is 3.04. The summed E-state index contributed by atoms with van der Waals surface area (Å²) < 4.78 is 1.01. The minimum Gasteiger partial charge on any atom is -0.373 e. The van der Waals surface area contributed by atoms with E-state index in [9.17, 15) is 4.79 Å². The highest BCUT2D eigenvalue weighted by molar-refractivity contribution is 9.10. The van der Waals surface area contributed by atoms with Gasteiger partial charge in [-0.15, -0.1) is 0 Å². The summed E-state index contributed by atoms with van der Waals surface area (Å²) in [6.07, 6.45) is 3.37. The zero-order valence-electron chi connectivity index (χ0n) is 11.9. The number of hydrogen-bond donors (Lipinski definition) is 2. The fourth-order valence-corrected chi connectivity index (χ4v) is 2.18. The fraction of sp³-hybridized carbons (Fsp3) is 0.533. The zero-order valence-corrected chi connectivity index (χ0v) is 13.5. The number of nitrogens with one attached hydrogen (secondary N) is 2. The Kier molecular flexibility index (Phi) is 6.92. The molecule has 1 aromatic carbocycles. The monoisotopic (exact) mass is 326 g/mol. The van der Waals surface area contributed by atoms with E-state index in [0.29, 0.717) is 0 Å². The molecule has 1 unspecified atom stereocenters. The maximum absolute atomic E-state index is 11.9. The molecule has 0 saturated carbocycles. The van der Waals surface area contributed by atoms with Gasteiger partial charge in [0.1, 0.15) is 6.04 Å². The van der Waals surface area contributed by atoms with Crippen LogP contribution in [0.3, 0.4) is 0 Å². The Hall–Kier alpha value is -1.03. The molecule has 3 nitrogen and oxygen atoms in total. The summed E-state index contributed by atoms with van der Waals surface area (Å²) >= 11 is 3.54. The minimum atomic E-state index is -0.236. The van der Waals surface area contributed by atoms with Crippen molar-refractivity contribution >= 4 is 27.5 Å². The Balaban J connectivity index is 2.47. The minimum absolute atomic E-state index is 0.0458. The van der Waals surface area contributed by atoms with Crippen LogP contribution in [0.25, 0.3) is 0 Å². The lowest BCUT2D eigenvalue weighted by atomic mass is 10.2. The highest BCUT2D eigenvalue weighted by atomic mass is 79.9. The molecule has 106 valence electrons. The lowest BCUT2D eigenvalue weighted by Gasteiger charge is -2.17. The van der Waals surface area contributed by atoms with Crippen molar-refractivity contribution in [2.75, 3.05) is 11.9 Å². The SMILES string of the molecule is CCCCCNC(=O)C(C)Nc1cccc(C)c1Br. The average Bonchev–Trinajstić information content (AvgIpc) is 2.39. The van der Waals surface area contributed by atoms with E-state index in [0.717, 1.165) is 35.1 Å². The van der Waals surface area contributed by atoms with Gasteiger partial charge in [-0.1, -0.05) is 31.9 Å². The first kappa shape index (κ1) is 16.0. The fourth-order valence-electron chi connectivity index (χ4n) is 1.80. The van der Waals surface area contributed by atoms with Gasteiger partial charge in [0.05, 0.1) is 0 Å². The predicted octanol–water partition coefficient (Wildman–Crippen LogP) is 3.86. The van der Waals surface area contributed by atoms with Crippen LogP contribution in [0.2, 0.25) is 0 Å². The number of rotatable bonds is 7. The highest BCUT2D eigenvalue weighted by Crippen LogP contribution is 2.26. The first-order valence-corrected chi connectivity index (χ1v) is 7.65. The Bertz CT molecular complexity index is 421. The predicted molar refractivity (Wildman–Crippen MR) is 84.5 cm³/mol. The molecule has 0 fully saturated rings. The molecule has 0 bridgehead atoms. The lowest BCUT2D eigenvalue weighted by molar-refractivity contribution is -0.121. The van der Waals surface area contributed by atoms with Gasteiger partial charge in [0.15, 0.2) is 0 Å². The third kappa shape index (κ3) is 5.23. The van der Waals surface area contributed by atoms with E-state index in [1.54, 1.807) is 0 Å². The number of anilines is 1. The molecule has 1 rings (SSSR count). The van der Waals surface area contributed by atoms with Crippen molar-refractivity contribution in [3.63, 3.8) is 0 Å². The molecule has 0 aliphatic carbocycles. The van der Waals surface area contributed by atoms with Crippen LogP contribution in [-0.2, 0) is 4.79 Å². The van der Waals surface area contributed by atoms with Crippen LogP contribution in [-0.4, -0.2) is 18.5 Å². The first-order valence-electron chi connectivity index (χ1n) is 6.85. The quantitative estimate of drug-likeness (QED) is 0.747.